The summed E-state index contributed by atoms with van der Waals surface area (Å²) in [5.41, 5.74) is 6.57. The van der Waals surface area contributed by atoms with Gasteiger partial charge in [-0.05, 0) is 37.1 Å². The highest BCUT2D eigenvalue weighted by molar-refractivity contribution is 5.96. The van der Waals surface area contributed by atoms with Crippen LogP contribution < -0.4 is 16.4 Å². The Bertz CT molecular complexity index is 444. The quantitative estimate of drug-likeness (QED) is 0.761. The van der Waals surface area contributed by atoms with Crippen molar-refractivity contribution < 1.29 is 9.59 Å². The van der Waals surface area contributed by atoms with Gasteiger partial charge in [-0.15, -0.1) is 12.4 Å². The number of nitrogens with one attached hydrogen (secondary N) is 2. The summed E-state index contributed by atoms with van der Waals surface area (Å²) in [7, 11) is 0. The zero-order valence-corrected chi connectivity index (χ0v) is 11.3. The third-order valence-electron chi connectivity index (χ3n) is 2.71. The van der Waals surface area contributed by atoms with Crippen molar-refractivity contribution in [3.63, 3.8) is 0 Å². The highest BCUT2D eigenvalue weighted by atomic mass is 35.5. The maximum atomic E-state index is 11.7. The number of carbonyl (C=O) groups is 2. The maximum Gasteiger partial charge on any atom is 0.251 e. The molecule has 0 unspecified atom stereocenters. The average molecular weight is 284 g/mol. The Morgan fingerprint density at radius 2 is 1.84 bits per heavy atom. The van der Waals surface area contributed by atoms with Gasteiger partial charge in [0.05, 0.1) is 0 Å². The molecule has 19 heavy (non-hydrogen) atoms. The van der Waals surface area contributed by atoms with Crippen LogP contribution in [0.5, 0.6) is 0 Å². The van der Waals surface area contributed by atoms with Crippen molar-refractivity contribution in [3.8, 4) is 0 Å². The van der Waals surface area contributed by atoms with Gasteiger partial charge in [0.15, 0.2) is 0 Å². The van der Waals surface area contributed by atoms with Crippen LogP contribution in [0.25, 0.3) is 0 Å². The second kappa shape index (κ2) is 7.11. The van der Waals surface area contributed by atoms with Gasteiger partial charge in [0, 0.05) is 30.3 Å². The van der Waals surface area contributed by atoms with Gasteiger partial charge in [-0.3, -0.25) is 9.59 Å². The lowest BCUT2D eigenvalue weighted by atomic mass is 10.2. The molecule has 0 aliphatic heterocycles. The van der Waals surface area contributed by atoms with Crippen LogP contribution in [0, 0.1) is 0 Å². The van der Waals surface area contributed by atoms with Crippen LogP contribution in [0.15, 0.2) is 24.3 Å². The molecule has 0 bridgehead atoms. The molecule has 2 rings (SSSR count). The summed E-state index contributed by atoms with van der Waals surface area (Å²) in [4.78, 5) is 23.0. The van der Waals surface area contributed by atoms with Crippen LogP contribution in [0.3, 0.4) is 0 Å². The lowest BCUT2D eigenvalue weighted by Gasteiger charge is -2.06. The third kappa shape index (κ3) is 4.89. The number of nitrogens with two attached hydrogens (primary N) is 1. The minimum atomic E-state index is -0.118. The predicted molar refractivity (Wildman–Crippen MR) is 76.5 cm³/mol. The van der Waals surface area contributed by atoms with Crippen molar-refractivity contribution in [2.24, 2.45) is 5.73 Å². The summed E-state index contributed by atoms with van der Waals surface area (Å²) >= 11 is 0. The molecule has 1 aliphatic carbocycles. The van der Waals surface area contributed by atoms with Gasteiger partial charge >= 0.3 is 0 Å². The first kappa shape index (κ1) is 15.5. The van der Waals surface area contributed by atoms with Crippen LogP contribution in [-0.2, 0) is 4.79 Å². The van der Waals surface area contributed by atoms with E-state index in [-0.39, 0.29) is 24.2 Å². The molecule has 0 atom stereocenters. The number of hydrogen-bond acceptors (Lipinski definition) is 3. The van der Waals surface area contributed by atoms with Crippen molar-refractivity contribution in [2.75, 3.05) is 11.9 Å². The number of carbonyl (C=O) groups excluding carboxylic acids is 2. The summed E-state index contributed by atoms with van der Waals surface area (Å²) in [6, 6.07) is 7.19. The number of amides is 2. The molecular formula is C13H18ClN3O2. The Morgan fingerprint density at radius 3 is 2.37 bits per heavy atom. The predicted octanol–water partition coefficient (Wildman–Crippen LogP) is 1.29. The summed E-state index contributed by atoms with van der Waals surface area (Å²) in [6.07, 6.45) is 2.43. The lowest BCUT2D eigenvalue weighted by molar-refractivity contribution is -0.116. The van der Waals surface area contributed by atoms with Gasteiger partial charge in [0.1, 0.15) is 0 Å². The lowest BCUT2D eigenvalue weighted by Crippen LogP contribution is -2.25. The molecule has 5 nitrogen and oxygen atoms in total. The highest BCUT2D eigenvalue weighted by Crippen LogP contribution is 2.19. The topological polar surface area (TPSA) is 84.2 Å². The van der Waals surface area contributed by atoms with Crippen molar-refractivity contribution in [3.05, 3.63) is 29.8 Å². The Morgan fingerprint density at radius 1 is 1.21 bits per heavy atom. The molecule has 0 saturated heterocycles. The van der Waals surface area contributed by atoms with E-state index in [0.717, 1.165) is 12.8 Å². The standard InChI is InChI=1S/C13H17N3O2.ClH/c14-8-7-12(17)15-10-3-1-9(2-4-10)13(18)16-11-5-6-11;/h1-4,11H,5-8,14H2,(H,15,17)(H,16,18);1H. The Labute approximate surface area is 118 Å². The van der Waals surface area contributed by atoms with E-state index >= 15 is 0 Å². The SMILES string of the molecule is Cl.NCCC(=O)Nc1ccc(C(=O)NC2CC2)cc1. The first-order valence-electron chi connectivity index (χ1n) is 6.10. The monoisotopic (exact) mass is 283 g/mol. The molecule has 0 radical (unpaired) electrons. The van der Waals surface area contributed by atoms with Crippen LogP contribution in [-0.4, -0.2) is 24.4 Å². The molecule has 1 aromatic rings. The molecule has 1 aromatic carbocycles. The molecular weight excluding hydrogens is 266 g/mol. The van der Waals surface area contributed by atoms with Crippen molar-refractivity contribution in [1.29, 1.82) is 0 Å². The summed E-state index contributed by atoms with van der Waals surface area (Å²) in [6.45, 7) is 0.327. The second-order valence-electron chi connectivity index (χ2n) is 4.41. The average Bonchev–Trinajstić information content (AvgIpc) is 3.14. The van der Waals surface area contributed by atoms with E-state index in [2.05, 4.69) is 10.6 Å². The van der Waals surface area contributed by atoms with E-state index in [1.54, 1.807) is 24.3 Å². The third-order valence-corrected chi connectivity index (χ3v) is 2.71. The largest absolute Gasteiger partial charge is 0.349 e. The van der Waals surface area contributed by atoms with Crippen molar-refractivity contribution in [1.82, 2.24) is 5.32 Å². The zero-order valence-electron chi connectivity index (χ0n) is 10.5. The van der Waals surface area contributed by atoms with Gasteiger partial charge in [0.2, 0.25) is 5.91 Å². The Balaban J connectivity index is 0.00000180. The highest BCUT2D eigenvalue weighted by Gasteiger charge is 2.23. The number of hydrogen-bond donors (Lipinski definition) is 3. The van der Waals surface area contributed by atoms with E-state index < -0.39 is 0 Å². The molecule has 0 spiro atoms. The summed E-state index contributed by atoms with van der Waals surface area (Å²) < 4.78 is 0. The number of benzene rings is 1. The molecule has 6 heteroatoms. The molecule has 1 saturated carbocycles. The molecule has 1 aliphatic rings. The zero-order chi connectivity index (χ0) is 13.0. The molecule has 0 aromatic heterocycles. The molecule has 1 fully saturated rings. The smallest absolute Gasteiger partial charge is 0.251 e. The minimum Gasteiger partial charge on any atom is -0.349 e. The van der Waals surface area contributed by atoms with E-state index in [1.165, 1.54) is 0 Å². The number of anilines is 1. The van der Waals surface area contributed by atoms with Crippen molar-refractivity contribution >= 4 is 29.9 Å². The molecule has 0 heterocycles. The van der Waals surface area contributed by atoms with E-state index in [1.807, 2.05) is 0 Å². The first-order chi connectivity index (χ1) is 8.69. The van der Waals surface area contributed by atoms with E-state index in [4.69, 9.17) is 5.73 Å². The van der Waals surface area contributed by atoms with Crippen LogP contribution in [0.2, 0.25) is 0 Å². The van der Waals surface area contributed by atoms with E-state index in [9.17, 15) is 9.59 Å². The van der Waals surface area contributed by atoms with Gasteiger partial charge in [-0.25, -0.2) is 0 Å². The fraction of sp³-hybridized carbons (Fsp3) is 0.385. The Kier molecular flexibility index (Phi) is 5.79. The maximum absolute atomic E-state index is 11.7. The summed E-state index contributed by atoms with van der Waals surface area (Å²) in [5.74, 6) is -0.176. The van der Waals surface area contributed by atoms with Gasteiger partial charge in [-0.1, -0.05) is 0 Å². The number of halogens is 1. The molecule has 4 N–H and O–H groups in total. The molecule has 104 valence electrons. The van der Waals surface area contributed by atoms with Crippen LogP contribution in [0.4, 0.5) is 5.69 Å². The summed E-state index contributed by atoms with van der Waals surface area (Å²) in [5, 5.41) is 5.62. The second-order valence-corrected chi connectivity index (χ2v) is 4.41. The first-order valence-corrected chi connectivity index (χ1v) is 6.10. The fourth-order valence-electron chi connectivity index (χ4n) is 1.56. The van der Waals surface area contributed by atoms with Crippen LogP contribution in [0.1, 0.15) is 29.6 Å². The number of rotatable bonds is 5. The molecule has 2 amide bonds. The van der Waals surface area contributed by atoms with Gasteiger partial charge in [0.25, 0.3) is 5.91 Å². The normalized spacial score (nSPS) is 13.3. The van der Waals surface area contributed by atoms with Gasteiger partial charge < -0.3 is 16.4 Å². The van der Waals surface area contributed by atoms with Crippen LogP contribution >= 0.6 is 12.4 Å². The minimum absolute atomic E-state index is 0. The van der Waals surface area contributed by atoms with E-state index in [0.29, 0.717) is 30.3 Å². The van der Waals surface area contributed by atoms with Gasteiger partial charge in [-0.2, -0.15) is 0 Å². The Hall–Kier alpha value is -1.59. The van der Waals surface area contributed by atoms with Crippen molar-refractivity contribution in [2.45, 2.75) is 25.3 Å². The fourth-order valence-corrected chi connectivity index (χ4v) is 1.56.